The van der Waals surface area contributed by atoms with Crippen molar-refractivity contribution < 1.29 is 19.0 Å². The van der Waals surface area contributed by atoms with Gasteiger partial charge in [0, 0.05) is 18.6 Å². The smallest absolute Gasteiger partial charge is 0.308 e. The van der Waals surface area contributed by atoms with Crippen LogP contribution in [-0.4, -0.2) is 18.7 Å². The van der Waals surface area contributed by atoms with Crippen molar-refractivity contribution in [3.63, 3.8) is 0 Å². The predicted molar refractivity (Wildman–Crippen MR) is 68.0 cm³/mol. The fraction of sp³-hybridized carbons (Fsp3) is 0.357. The molecule has 4 heteroatoms. The molecule has 0 aromatic heterocycles. The summed E-state index contributed by atoms with van der Waals surface area (Å²) < 4.78 is 16.1. The minimum atomic E-state index is -0.380. The number of rotatable bonds is 2. The molecule has 0 spiro atoms. The number of esters is 1. The van der Waals surface area contributed by atoms with E-state index >= 15 is 0 Å². The van der Waals surface area contributed by atoms with Crippen LogP contribution in [0.2, 0.25) is 0 Å². The molecule has 0 saturated heterocycles. The number of carbonyl (C=O) groups is 1. The fourth-order valence-electron chi connectivity index (χ4n) is 1.78. The molecule has 1 aromatic carbocycles. The first-order chi connectivity index (χ1) is 8.41. The highest BCUT2D eigenvalue weighted by molar-refractivity contribution is 5.73. The zero-order valence-corrected chi connectivity index (χ0v) is 10.9. The Morgan fingerprint density at radius 2 is 2.00 bits per heavy atom. The average Bonchev–Trinajstić information content (AvgIpc) is 2.27. The zero-order valence-electron chi connectivity index (χ0n) is 10.9. The van der Waals surface area contributed by atoms with Gasteiger partial charge in [0.25, 0.3) is 0 Å². The van der Waals surface area contributed by atoms with Crippen LogP contribution in [0.3, 0.4) is 0 Å². The first-order valence-electron chi connectivity index (χ1n) is 5.70. The van der Waals surface area contributed by atoms with Gasteiger partial charge < -0.3 is 14.2 Å². The molecular weight excluding hydrogens is 232 g/mol. The molecule has 0 fully saturated rings. The van der Waals surface area contributed by atoms with Gasteiger partial charge in [0.05, 0.1) is 7.11 Å². The van der Waals surface area contributed by atoms with Gasteiger partial charge >= 0.3 is 5.97 Å². The van der Waals surface area contributed by atoms with Gasteiger partial charge in [0.15, 0.2) is 11.5 Å². The molecule has 0 aliphatic carbocycles. The molecule has 0 amide bonds. The van der Waals surface area contributed by atoms with Crippen LogP contribution in [0, 0.1) is 0 Å². The van der Waals surface area contributed by atoms with Crippen molar-refractivity contribution in [2.75, 3.05) is 7.11 Å². The molecule has 0 bridgehead atoms. The van der Waals surface area contributed by atoms with E-state index in [0.717, 1.165) is 11.3 Å². The minimum absolute atomic E-state index is 0.346. The third-order valence-corrected chi connectivity index (χ3v) is 2.59. The zero-order chi connectivity index (χ0) is 13.3. The second-order valence-electron chi connectivity index (χ2n) is 4.67. The predicted octanol–water partition coefficient (Wildman–Crippen LogP) is 2.80. The normalized spacial score (nSPS) is 15.6. The van der Waals surface area contributed by atoms with Gasteiger partial charge in [-0.1, -0.05) is 6.08 Å². The van der Waals surface area contributed by atoms with Crippen molar-refractivity contribution in [1.29, 1.82) is 0 Å². The Kier molecular flexibility index (Phi) is 3.03. The first kappa shape index (κ1) is 12.5. The highest BCUT2D eigenvalue weighted by Crippen LogP contribution is 2.39. The summed E-state index contributed by atoms with van der Waals surface area (Å²) in [4.78, 5) is 11.0. The first-order valence-corrected chi connectivity index (χ1v) is 5.70. The lowest BCUT2D eigenvalue weighted by Gasteiger charge is -2.28. The van der Waals surface area contributed by atoms with Gasteiger partial charge in [-0.2, -0.15) is 0 Å². The summed E-state index contributed by atoms with van der Waals surface area (Å²) in [5.41, 5.74) is 0.521. The maximum absolute atomic E-state index is 11.0. The number of ether oxygens (including phenoxy) is 3. The third-order valence-electron chi connectivity index (χ3n) is 2.59. The molecule has 2 rings (SSSR count). The number of benzene rings is 1. The van der Waals surface area contributed by atoms with E-state index < -0.39 is 0 Å². The van der Waals surface area contributed by atoms with E-state index in [9.17, 15) is 4.79 Å². The molecule has 1 aliphatic rings. The third kappa shape index (κ3) is 2.47. The minimum Gasteiger partial charge on any atom is -0.493 e. The van der Waals surface area contributed by atoms with Crippen molar-refractivity contribution in [2.45, 2.75) is 26.4 Å². The molecule has 1 heterocycles. The number of fused-ring (bicyclic) bond motifs is 1. The molecule has 0 saturated carbocycles. The molecule has 4 nitrogen and oxygen atoms in total. The standard InChI is InChI=1S/C14H16O4/c1-9(15)17-13-7-10-5-6-14(2,3)18-11(10)8-12(13)16-4/h5-8H,1-4H3. The highest BCUT2D eigenvalue weighted by Gasteiger charge is 2.23. The van der Waals surface area contributed by atoms with Gasteiger partial charge in [0.2, 0.25) is 0 Å². The van der Waals surface area contributed by atoms with Gasteiger partial charge in [-0.25, -0.2) is 0 Å². The lowest BCUT2D eigenvalue weighted by atomic mass is 10.0. The summed E-state index contributed by atoms with van der Waals surface area (Å²) in [6.07, 6.45) is 3.91. The fourth-order valence-corrected chi connectivity index (χ4v) is 1.78. The van der Waals surface area contributed by atoms with Gasteiger partial charge in [-0.15, -0.1) is 0 Å². The van der Waals surface area contributed by atoms with Gasteiger partial charge in [-0.05, 0) is 26.0 Å². The Morgan fingerprint density at radius 1 is 1.28 bits per heavy atom. The lowest BCUT2D eigenvalue weighted by molar-refractivity contribution is -0.132. The van der Waals surface area contributed by atoms with Crippen LogP contribution in [-0.2, 0) is 4.79 Å². The van der Waals surface area contributed by atoms with E-state index in [1.54, 1.807) is 12.1 Å². The Balaban J connectivity index is 2.45. The highest BCUT2D eigenvalue weighted by atomic mass is 16.6. The molecule has 0 radical (unpaired) electrons. The van der Waals surface area contributed by atoms with Crippen LogP contribution in [0.5, 0.6) is 17.2 Å². The quantitative estimate of drug-likeness (QED) is 0.596. The molecule has 18 heavy (non-hydrogen) atoms. The number of carbonyl (C=O) groups excluding carboxylic acids is 1. The molecule has 1 aliphatic heterocycles. The van der Waals surface area contributed by atoms with Crippen molar-refractivity contribution in [3.8, 4) is 17.2 Å². The molecule has 0 atom stereocenters. The van der Waals surface area contributed by atoms with E-state index in [4.69, 9.17) is 14.2 Å². The van der Waals surface area contributed by atoms with E-state index in [1.807, 2.05) is 26.0 Å². The molecule has 1 aromatic rings. The van der Waals surface area contributed by atoms with E-state index in [1.165, 1.54) is 14.0 Å². The van der Waals surface area contributed by atoms with Crippen LogP contribution in [0.1, 0.15) is 26.3 Å². The van der Waals surface area contributed by atoms with Crippen LogP contribution < -0.4 is 14.2 Å². The van der Waals surface area contributed by atoms with Crippen molar-refractivity contribution in [1.82, 2.24) is 0 Å². The summed E-state index contributed by atoms with van der Waals surface area (Å²) in [6.45, 7) is 5.30. The molecular formula is C14H16O4. The summed E-state index contributed by atoms with van der Waals surface area (Å²) in [6, 6.07) is 3.47. The summed E-state index contributed by atoms with van der Waals surface area (Å²) in [7, 11) is 1.53. The van der Waals surface area contributed by atoms with Crippen LogP contribution in [0.25, 0.3) is 6.08 Å². The topological polar surface area (TPSA) is 44.8 Å². The van der Waals surface area contributed by atoms with E-state index in [-0.39, 0.29) is 11.6 Å². The second kappa shape index (κ2) is 4.37. The maximum atomic E-state index is 11.0. The number of hydrogen-bond donors (Lipinski definition) is 0. The van der Waals surface area contributed by atoms with Crippen LogP contribution in [0.4, 0.5) is 0 Å². The summed E-state index contributed by atoms with van der Waals surface area (Å²) >= 11 is 0. The maximum Gasteiger partial charge on any atom is 0.308 e. The Labute approximate surface area is 106 Å². The van der Waals surface area contributed by atoms with Crippen molar-refractivity contribution >= 4 is 12.0 Å². The second-order valence-corrected chi connectivity index (χ2v) is 4.67. The molecule has 0 unspecified atom stereocenters. The van der Waals surface area contributed by atoms with Crippen molar-refractivity contribution in [2.24, 2.45) is 0 Å². The van der Waals surface area contributed by atoms with E-state index in [0.29, 0.717) is 11.5 Å². The lowest BCUT2D eigenvalue weighted by Crippen LogP contribution is -2.27. The Morgan fingerprint density at radius 3 is 2.61 bits per heavy atom. The summed E-state index contributed by atoms with van der Waals surface area (Å²) in [5.74, 6) is 1.22. The Bertz CT molecular complexity index is 515. The summed E-state index contributed by atoms with van der Waals surface area (Å²) in [5, 5.41) is 0. The average molecular weight is 248 g/mol. The largest absolute Gasteiger partial charge is 0.493 e. The van der Waals surface area contributed by atoms with Gasteiger partial charge in [-0.3, -0.25) is 4.79 Å². The number of methoxy groups -OCH3 is 1. The molecule has 96 valence electrons. The van der Waals surface area contributed by atoms with Crippen LogP contribution in [0.15, 0.2) is 18.2 Å². The monoisotopic (exact) mass is 248 g/mol. The SMILES string of the molecule is COc1cc2c(cc1OC(C)=O)C=CC(C)(C)O2. The van der Waals surface area contributed by atoms with Crippen LogP contribution >= 0.6 is 0 Å². The Hall–Kier alpha value is -1.97. The molecule has 0 N–H and O–H groups in total. The van der Waals surface area contributed by atoms with Gasteiger partial charge in [0.1, 0.15) is 11.4 Å². The number of hydrogen-bond acceptors (Lipinski definition) is 4. The van der Waals surface area contributed by atoms with E-state index in [2.05, 4.69) is 0 Å². The van der Waals surface area contributed by atoms with Crippen molar-refractivity contribution in [3.05, 3.63) is 23.8 Å².